The maximum absolute atomic E-state index is 6.07. The van der Waals surface area contributed by atoms with E-state index in [1.165, 1.54) is 0 Å². The van der Waals surface area contributed by atoms with Crippen molar-refractivity contribution < 1.29 is 0 Å². The van der Waals surface area contributed by atoms with Crippen LogP contribution in [-0.4, -0.2) is 7.05 Å². The summed E-state index contributed by atoms with van der Waals surface area (Å²) in [5, 5.41) is 3.83. The highest BCUT2D eigenvalue weighted by Crippen LogP contribution is 2.28. The number of rotatable bonds is 2. The monoisotopic (exact) mass is 181 g/mol. The van der Waals surface area contributed by atoms with Crippen molar-refractivity contribution in [3.63, 3.8) is 0 Å². The Balaban J connectivity index is 3.35. The van der Waals surface area contributed by atoms with Gasteiger partial charge in [-0.1, -0.05) is 30.3 Å². The Hall–Kier alpha value is -0.950. The molecule has 2 heteroatoms. The van der Waals surface area contributed by atoms with E-state index in [1.807, 2.05) is 26.1 Å². The third kappa shape index (κ3) is 1.46. The first-order valence-electron chi connectivity index (χ1n) is 3.80. The van der Waals surface area contributed by atoms with Crippen molar-refractivity contribution in [1.29, 1.82) is 0 Å². The van der Waals surface area contributed by atoms with Crippen LogP contribution in [-0.2, 0) is 0 Å². The van der Waals surface area contributed by atoms with Gasteiger partial charge in [0.15, 0.2) is 0 Å². The minimum Gasteiger partial charge on any atom is -0.388 e. The average Bonchev–Trinajstić information content (AvgIpc) is 2.09. The number of hydrogen-bond acceptors (Lipinski definition) is 1. The maximum atomic E-state index is 6.07. The molecule has 0 aliphatic heterocycles. The third-order valence-corrected chi connectivity index (χ3v) is 2.35. The van der Waals surface area contributed by atoms with Crippen molar-refractivity contribution in [2.24, 2.45) is 0 Å². The molecule has 0 aliphatic rings. The Kier molecular flexibility index (Phi) is 2.77. The summed E-state index contributed by atoms with van der Waals surface area (Å²) in [5.74, 6) is 0. The van der Waals surface area contributed by atoms with Crippen LogP contribution in [0.5, 0.6) is 0 Å². The Morgan fingerprint density at radius 1 is 1.50 bits per heavy atom. The summed E-state index contributed by atoms with van der Waals surface area (Å²) in [7, 11) is 1.87. The Morgan fingerprint density at radius 2 is 2.17 bits per heavy atom. The topological polar surface area (TPSA) is 12.0 Å². The van der Waals surface area contributed by atoms with Crippen molar-refractivity contribution >= 4 is 23.4 Å². The van der Waals surface area contributed by atoms with E-state index in [-0.39, 0.29) is 0 Å². The minimum absolute atomic E-state index is 0.775. The van der Waals surface area contributed by atoms with Gasteiger partial charge in [-0.2, -0.15) is 0 Å². The van der Waals surface area contributed by atoms with E-state index in [0.717, 1.165) is 21.8 Å². The van der Waals surface area contributed by atoms with Crippen LogP contribution in [0, 0.1) is 6.92 Å². The second kappa shape index (κ2) is 3.63. The van der Waals surface area contributed by atoms with Gasteiger partial charge in [0.1, 0.15) is 0 Å². The Labute approximate surface area is 78.1 Å². The van der Waals surface area contributed by atoms with E-state index in [0.29, 0.717) is 0 Å². The number of benzene rings is 1. The quantitative estimate of drug-likeness (QED) is 0.738. The lowest BCUT2D eigenvalue weighted by Crippen LogP contribution is -1.93. The van der Waals surface area contributed by atoms with Gasteiger partial charge < -0.3 is 5.32 Å². The molecule has 0 saturated carbocycles. The van der Waals surface area contributed by atoms with Gasteiger partial charge in [0, 0.05) is 18.3 Å². The van der Waals surface area contributed by atoms with E-state index in [4.69, 9.17) is 11.6 Å². The molecule has 0 unspecified atom stereocenters. The molecule has 1 nitrogen and oxygen atoms in total. The largest absolute Gasteiger partial charge is 0.388 e. The van der Waals surface area contributed by atoms with Crippen LogP contribution in [0.4, 0.5) is 5.69 Å². The zero-order valence-electron chi connectivity index (χ0n) is 7.32. The molecule has 0 aliphatic carbocycles. The molecule has 1 aromatic rings. The van der Waals surface area contributed by atoms with Crippen LogP contribution in [0.15, 0.2) is 18.7 Å². The number of hydrogen-bond donors (Lipinski definition) is 1. The van der Waals surface area contributed by atoms with Gasteiger partial charge in [-0.25, -0.2) is 0 Å². The second-order valence-corrected chi connectivity index (χ2v) is 2.99. The maximum Gasteiger partial charge on any atom is 0.0528 e. The van der Waals surface area contributed by atoms with Gasteiger partial charge in [0.2, 0.25) is 0 Å². The summed E-state index contributed by atoms with van der Waals surface area (Å²) in [6, 6.07) is 3.99. The summed E-state index contributed by atoms with van der Waals surface area (Å²) in [4.78, 5) is 0. The Bertz CT molecular complexity index is 305. The van der Waals surface area contributed by atoms with Gasteiger partial charge >= 0.3 is 0 Å². The van der Waals surface area contributed by atoms with Crippen molar-refractivity contribution in [1.82, 2.24) is 0 Å². The average molecular weight is 182 g/mol. The number of halogens is 1. The molecule has 1 N–H and O–H groups in total. The first-order valence-corrected chi connectivity index (χ1v) is 4.17. The van der Waals surface area contributed by atoms with E-state index >= 15 is 0 Å². The number of aryl methyl sites for hydroxylation is 1. The lowest BCUT2D eigenvalue weighted by molar-refractivity contribution is 1.42. The first kappa shape index (κ1) is 9.14. The molecule has 0 fully saturated rings. The molecule has 0 spiro atoms. The van der Waals surface area contributed by atoms with Crippen molar-refractivity contribution in [3.05, 3.63) is 34.9 Å². The molecule has 0 atom stereocenters. The molecule has 0 bridgehead atoms. The summed E-state index contributed by atoms with van der Waals surface area (Å²) < 4.78 is 0. The molecule has 64 valence electrons. The van der Waals surface area contributed by atoms with Gasteiger partial charge in [0.05, 0.1) is 5.02 Å². The number of nitrogens with one attached hydrogen (secondary N) is 1. The minimum atomic E-state index is 0.775. The highest BCUT2D eigenvalue weighted by atomic mass is 35.5. The smallest absolute Gasteiger partial charge is 0.0528 e. The van der Waals surface area contributed by atoms with Gasteiger partial charge in [0.25, 0.3) is 0 Å². The predicted molar refractivity (Wildman–Crippen MR) is 55.8 cm³/mol. The lowest BCUT2D eigenvalue weighted by Gasteiger charge is -2.08. The van der Waals surface area contributed by atoms with E-state index in [1.54, 1.807) is 6.08 Å². The van der Waals surface area contributed by atoms with E-state index in [9.17, 15) is 0 Å². The van der Waals surface area contributed by atoms with Gasteiger partial charge in [-0.15, -0.1) is 0 Å². The molecule has 1 rings (SSSR count). The molecule has 0 saturated heterocycles. The molecule has 0 amide bonds. The lowest BCUT2D eigenvalue weighted by atomic mass is 10.1. The molecule has 1 aromatic carbocycles. The number of anilines is 1. The highest BCUT2D eigenvalue weighted by molar-refractivity contribution is 6.33. The van der Waals surface area contributed by atoms with Crippen LogP contribution in [0.1, 0.15) is 11.1 Å². The molecular formula is C10H12ClN. The van der Waals surface area contributed by atoms with Crippen molar-refractivity contribution in [2.45, 2.75) is 6.92 Å². The zero-order valence-corrected chi connectivity index (χ0v) is 8.07. The van der Waals surface area contributed by atoms with Crippen LogP contribution >= 0.6 is 11.6 Å². The Morgan fingerprint density at radius 3 is 2.67 bits per heavy atom. The summed E-state index contributed by atoms with van der Waals surface area (Å²) >= 11 is 6.07. The van der Waals surface area contributed by atoms with E-state index < -0.39 is 0 Å². The second-order valence-electron chi connectivity index (χ2n) is 2.61. The third-order valence-electron chi connectivity index (χ3n) is 1.85. The molecule has 0 heterocycles. The fourth-order valence-corrected chi connectivity index (χ4v) is 1.36. The predicted octanol–water partition coefficient (Wildman–Crippen LogP) is 3.33. The standard InChI is InChI=1S/C10H12ClN/c1-4-8-9(12-3)6-5-7(2)10(8)11/h4-6,12H,1H2,2-3H3. The first-order chi connectivity index (χ1) is 5.70. The van der Waals surface area contributed by atoms with Crippen LogP contribution in [0.2, 0.25) is 5.02 Å². The van der Waals surface area contributed by atoms with Crippen LogP contribution in [0.25, 0.3) is 6.08 Å². The fourth-order valence-electron chi connectivity index (χ4n) is 1.12. The molecule has 12 heavy (non-hydrogen) atoms. The van der Waals surface area contributed by atoms with Gasteiger partial charge in [-0.3, -0.25) is 0 Å². The SMILES string of the molecule is C=Cc1c(NC)ccc(C)c1Cl. The van der Waals surface area contributed by atoms with Crippen molar-refractivity contribution in [2.75, 3.05) is 12.4 Å². The van der Waals surface area contributed by atoms with E-state index in [2.05, 4.69) is 11.9 Å². The van der Waals surface area contributed by atoms with Crippen LogP contribution < -0.4 is 5.32 Å². The summed E-state index contributed by atoms with van der Waals surface area (Å²) in [5.41, 5.74) is 3.06. The highest BCUT2D eigenvalue weighted by Gasteiger charge is 2.04. The summed E-state index contributed by atoms with van der Waals surface area (Å²) in [6.07, 6.45) is 1.77. The van der Waals surface area contributed by atoms with Crippen molar-refractivity contribution in [3.8, 4) is 0 Å². The zero-order chi connectivity index (χ0) is 9.14. The normalized spacial score (nSPS) is 9.58. The fraction of sp³-hybridized carbons (Fsp3) is 0.200. The van der Waals surface area contributed by atoms with Crippen LogP contribution in [0.3, 0.4) is 0 Å². The summed E-state index contributed by atoms with van der Waals surface area (Å²) in [6.45, 7) is 5.70. The molecular weight excluding hydrogens is 170 g/mol. The van der Waals surface area contributed by atoms with Gasteiger partial charge in [-0.05, 0) is 18.6 Å². The molecule has 0 aromatic heterocycles. The molecule has 0 radical (unpaired) electrons.